The molecule has 0 amide bonds. The molecule has 5 heteroatoms. The highest BCUT2D eigenvalue weighted by molar-refractivity contribution is 8.00. The van der Waals surface area contributed by atoms with Crippen molar-refractivity contribution in [2.45, 2.75) is 64.2 Å². The monoisotopic (exact) mass is 246 g/mol. The van der Waals surface area contributed by atoms with Crippen LogP contribution in [0.1, 0.15) is 47.5 Å². The van der Waals surface area contributed by atoms with Crippen LogP contribution in [0, 0.1) is 0 Å². The zero-order valence-electron chi connectivity index (χ0n) is 11.2. The Morgan fingerprint density at radius 1 is 1.19 bits per heavy atom. The summed E-state index contributed by atoms with van der Waals surface area (Å²) in [4.78, 5) is 0. The van der Waals surface area contributed by atoms with E-state index in [1.807, 2.05) is 11.8 Å². The molecule has 1 fully saturated rings. The van der Waals surface area contributed by atoms with Crippen molar-refractivity contribution in [1.82, 2.24) is 21.1 Å². The molecule has 0 radical (unpaired) electrons. The normalized spacial score (nSPS) is 27.2. The number of nitrogens with zero attached hydrogens (tertiary/aromatic N) is 2. The fourth-order valence-electron chi connectivity index (χ4n) is 1.47. The van der Waals surface area contributed by atoms with Crippen molar-refractivity contribution >= 4 is 11.8 Å². The molecule has 3 unspecified atom stereocenters. The first-order chi connectivity index (χ1) is 7.62. The van der Waals surface area contributed by atoms with Gasteiger partial charge >= 0.3 is 0 Å². The third-order valence-corrected chi connectivity index (χ3v) is 4.49. The van der Waals surface area contributed by atoms with Crippen molar-refractivity contribution < 1.29 is 0 Å². The fraction of sp³-hybridized carbons (Fsp3) is 1.00. The summed E-state index contributed by atoms with van der Waals surface area (Å²) in [6.07, 6.45) is 2.35. The van der Waals surface area contributed by atoms with Crippen LogP contribution in [0.5, 0.6) is 0 Å². The van der Waals surface area contributed by atoms with E-state index in [1.165, 1.54) is 6.42 Å². The number of hydrogen-bond donors (Lipinski definition) is 2. The van der Waals surface area contributed by atoms with Crippen LogP contribution in [0.15, 0.2) is 0 Å². The first-order valence-electron chi connectivity index (χ1n) is 6.36. The molecular formula is C11H26N4S. The molecule has 4 nitrogen and oxygen atoms in total. The Hall–Kier alpha value is 0.190. The number of hydrazine groups is 3. The second-order valence-corrected chi connectivity index (χ2v) is 5.87. The van der Waals surface area contributed by atoms with E-state index < -0.39 is 0 Å². The smallest absolute Gasteiger partial charge is 0.136 e. The fourth-order valence-corrected chi connectivity index (χ4v) is 2.62. The van der Waals surface area contributed by atoms with Crippen LogP contribution in [0.4, 0.5) is 0 Å². The molecule has 1 aliphatic rings. The van der Waals surface area contributed by atoms with Gasteiger partial charge in [-0.2, -0.15) is 10.7 Å². The molecule has 0 aromatic carbocycles. The van der Waals surface area contributed by atoms with E-state index in [0.717, 1.165) is 13.0 Å². The maximum absolute atomic E-state index is 3.52. The Morgan fingerprint density at radius 2 is 1.88 bits per heavy atom. The van der Waals surface area contributed by atoms with E-state index in [-0.39, 0.29) is 0 Å². The van der Waals surface area contributed by atoms with Crippen molar-refractivity contribution in [3.05, 3.63) is 0 Å². The summed E-state index contributed by atoms with van der Waals surface area (Å²) in [5, 5.41) is 5.07. The topological polar surface area (TPSA) is 30.5 Å². The SMILES string of the molecule is CCC(C)SC1NN(C(C)CC)NN1CC. The lowest BCUT2D eigenvalue weighted by molar-refractivity contribution is 0.0624. The molecule has 1 saturated heterocycles. The Labute approximate surface area is 104 Å². The van der Waals surface area contributed by atoms with Crippen molar-refractivity contribution in [2.24, 2.45) is 0 Å². The first-order valence-corrected chi connectivity index (χ1v) is 7.30. The van der Waals surface area contributed by atoms with Gasteiger partial charge in [-0.15, -0.1) is 11.8 Å². The summed E-state index contributed by atoms with van der Waals surface area (Å²) in [6.45, 7) is 12.1. The van der Waals surface area contributed by atoms with E-state index >= 15 is 0 Å². The zero-order valence-corrected chi connectivity index (χ0v) is 12.0. The summed E-state index contributed by atoms with van der Waals surface area (Å²) in [6, 6.07) is 0.511. The van der Waals surface area contributed by atoms with E-state index in [1.54, 1.807) is 0 Å². The summed E-state index contributed by atoms with van der Waals surface area (Å²) < 4.78 is 0. The minimum atomic E-state index is 0.356. The number of thioether (sulfide) groups is 1. The van der Waals surface area contributed by atoms with Crippen LogP contribution in [-0.2, 0) is 0 Å². The molecule has 1 aliphatic heterocycles. The van der Waals surface area contributed by atoms with Gasteiger partial charge in [0, 0.05) is 17.8 Å². The predicted molar refractivity (Wildman–Crippen MR) is 71.4 cm³/mol. The molecule has 0 bridgehead atoms. The van der Waals surface area contributed by atoms with Gasteiger partial charge in [0.2, 0.25) is 0 Å². The number of nitrogens with one attached hydrogen (secondary N) is 2. The largest absolute Gasteiger partial charge is 0.212 e. The second-order valence-electron chi connectivity index (χ2n) is 4.35. The molecule has 96 valence electrons. The lowest BCUT2D eigenvalue weighted by atomic mass is 10.3. The molecule has 0 aromatic heterocycles. The maximum atomic E-state index is 3.52. The molecule has 0 saturated carbocycles. The summed E-state index contributed by atoms with van der Waals surface area (Å²) in [5.41, 5.74) is 7.28. The lowest BCUT2D eigenvalue weighted by Gasteiger charge is -2.22. The van der Waals surface area contributed by atoms with E-state index in [9.17, 15) is 0 Å². The summed E-state index contributed by atoms with van der Waals surface area (Å²) in [5.74, 6) is 0. The molecule has 1 rings (SSSR count). The highest BCUT2D eigenvalue weighted by Crippen LogP contribution is 2.23. The predicted octanol–water partition coefficient (Wildman–Crippen LogP) is 2.16. The van der Waals surface area contributed by atoms with Crippen LogP contribution in [0.2, 0.25) is 0 Å². The van der Waals surface area contributed by atoms with Gasteiger partial charge in [0.1, 0.15) is 5.50 Å². The highest BCUT2D eigenvalue weighted by Gasteiger charge is 2.31. The summed E-state index contributed by atoms with van der Waals surface area (Å²) >= 11 is 1.98. The third kappa shape index (κ3) is 3.60. The maximum Gasteiger partial charge on any atom is 0.136 e. The minimum Gasteiger partial charge on any atom is -0.212 e. The molecule has 16 heavy (non-hydrogen) atoms. The van der Waals surface area contributed by atoms with Gasteiger partial charge in [-0.3, -0.25) is 0 Å². The molecule has 3 atom stereocenters. The minimum absolute atomic E-state index is 0.356. The van der Waals surface area contributed by atoms with Crippen LogP contribution >= 0.6 is 11.8 Å². The van der Waals surface area contributed by atoms with Gasteiger partial charge in [0.15, 0.2) is 0 Å². The van der Waals surface area contributed by atoms with Gasteiger partial charge in [-0.1, -0.05) is 27.7 Å². The molecule has 0 spiro atoms. The van der Waals surface area contributed by atoms with E-state index in [4.69, 9.17) is 0 Å². The molecular weight excluding hydrogens is 220 g/mol. The Morgan fingerprint density at radius 3 is 2.38 bits per heavy atom. The Balaban J connectivity index is 2.50. The van der Waals surface area contributed by atoms with Gasteiger partial charge in [-0.25, -0.2) is 10.4 Å². The van der Waals surface area contributed by atoms with Crippen molar-refractivity contribution in [3.63, 3.8) is 0 Å². The van der Waals surface area contributed by atoms with Crippen molar-refractivity contribution in [2.75, 3.05) is 6.54 Å². The number of rotatable bonds is 6. The second kappa shape index (κ2) is 6.81. The molecule has 0 aliphatic carbocycles. The highest BCUT2D eigenvalue weighted by atomic mass is 32.2. The van der Waals surface area contributed by atoms with Crippen LogP contribution in [0.3, 0.4) is 0 Å². The van der Waals surface area contributed by atoms with E-state index in [0.29, 0.717) is 16.8 Å². The van der Waals surface area contributed by atoms with Crippen molar-refractivity contribution in [3.8, 4) is 0 Å². The van der Waals surface area contributed by atoms with Crippen LogP contribution < -0.4 is 11.0 Å². The van der Waals surface area contributed by atoms with Crippen LogP contribution in [-0.4, -0.2) is 33.5 Å². The van der Waals surface area contributed by atoms with Gasteiger partial charge in [0.05, 0.1) is 0 Å². The average Bonchev–Trinajstić information content (AvgIpc) is 2.70. The first kappa shape index (κ1) is 14.3. The standard InChI is InChI=1S/C11H26N4S/c1-6-9(4)15-12-11(14(8-3)13-15)16-10(5)7-2/h9-13H,6-8H2,1-5H3. The van der Waals surface area contributed by atoms with E-state index in [2.05, 4.69) is 55.7 Å². The quantitative estimate of drug-likeness (QED) is 0.750. The van der Waals surface area contributed by atoms with Crippen LogP contribution in [0.25, 0.3) is 0 Å². The number of hydrogen-bond acceptors (Lipinski definition) is 5. The molecule has 0 aromatic rings. The lowest BCUT2D eigenvalue weighted by Crippen LogP contribution is -2.47. The zero-order chi connectivity index (χ0) is 12.1. The molecule has 1 heterocycles. The van der Waals surface area contributed by atoms with Gasteiger partial charge in [0.25, 0.3) is 0 Å². The third-order valence-electron chi connectivity index (χ3n) is 3.08. The Kier molecular flexibility index (Phi) is 6.07. The van der Waals surface area contributed by atoms with Gasteiger partial charge < -0.3 is 0 Å². The van der Waals surface area contributed by atoms with Gasteiger partial charge in [-0.05, 0) is 19.8 Å². The Bertz CT molecular complexity index is 202. The average molecular weight is 246 g/mol. The van der Waals surface area contributed by atoms with Crippen molar-refractivity contribution in [1.29, 1.82) is 0 Å². The summed E-state index contributed by atoms with van der Waals surface area (Å²) in [7, 11) is 0. The molecule has 2 N–H and O–H groups in total.